The molecule has 0 saturated heterocycles. The van der Waals surface area contributed by atoms with E-state index in [1.807, 2.05) is 0 Å². The summed E-state index contributed by atoms with van der Waals surface area (Å²) in [5, 5.41) is 18.6. The van der Waals surface area contributed by atoms with Crippen LogP contribution in [-0.2, 0) is 0 Å². The van der Waals surface area contributed by atoms with Gasteiger partial charge in [-0.15, -0.1) is 0 Å². The van der Waals surface area contributed by atoms with E-state index >= 15 is 0 Å². The highest BCUT2D eigenvalue weighted by molar-refractivity contribution is 6.08. The standard InChI is InChI=1S/C15H10F2O3/c16-10-5-9(6-11(17)7-10)1-4-14(19)13-3-2-12(18)8-15(13)20/h1-8,18,20H/b4-1+. The van der Waals surface area contributed by atoms with Crippen molar-refractivity contribution in [2.75, 3.05) is 0 Å². The minimum atomic E-state index is -0.746. The molecule has 0 atom stereocenters. The van der Waals surface area contributed by atoms with Crippen LogP contribution in [0, 0.1) is 11.6 Å². The number of benzene rings is 2. The summed E-state index contributed by atoms with van der Waals surface area (Å²) in [4.78, 5) is 11.8. The molecule has 0 fully saturated rings. The molecule has 0 aliphatic rings. The van der Waals surface area contributed by atoms with Gasteiger partial charge in [0.05, 0.1) is 5.56 Å². The minimum absolute atomic E-state index is 0.0177. The average Bonchev–Trinajstić information content (AvgIpc) is 2.35. The first-order valence-electron chi connectivity index (χ1n) is 5.66. The Hall–Kier alpha value is -2.69. The van der Waals surface area contributed by atoms with E-state index in [1.54, 1.807) is 0 Å². The van der Waals surface area contributed by atoms with Crippen molar-refractivity contribution in [2.45, 2.75) is 0 Å². The molecule has 0 amide bonds. The molecule has 2 aromatic carbocycles. The lowest BCUT2D eigenvalue weighted by Crippen LogP contribution is -1.94. The lowest BCUT2D eigenvalue weighted by molar-refractivity contribution is 0.104. The van der Waals surface area contributed by atoms with Gasteiger partial charge in [0.2, 0.25) is 0 Å². The number of rotatable bonds is 3. The Morgan fingerprint density at radius 2 is 1.65 bits per heavy atom. The van der Waals surface area contributed by atoms with Crippen molar-refractivity contribution in [3.05, 3.63) is 65.2 Å². The van der Waals surface area contributed by atoms with Crippen molar-refractivity contribution in [1.82, 2.24) is 0 Å². The molecule has 3 nitrogen and oxygen atoms in total. The molecule has 0 unspecified atom stereocenters. The van der Waals surface area contributed by atoms with E-state index in [4.69, 9.17) is 5.11 Å². The second-order valence-corrected chi connectivity index (χ2v) is 4.10. The van der Waals surface area contributed by atoms with Gasteiger partial charge in [0.1, 0.15) is 23.1 Å². The van der Waals surface area contributed by atoms with Gasteiger partial charge in [-0.25, -0.2) is 8.78 Å². The van der Waals surface area contributed by atoms with Crippen LogP contribution in [0.3, 0.4) is 0 Å². The number of halogens is 2. The third-order valence-corrected chi connectivity index (χ3v) is 2.56. The number of hydrogen-bond donors (Lipinski definition) is 2. The fourth-order valence-electron chi connectivity index (χ4n) is 1.66. The quantitative estimate of drug-likeness (QED) is 0.668. The van der Waals surface area contributed by atoms with Crippen LogP contribution in [-0.4, -0.2) is 16.0 Å². The summed E-state index contributed by atoms with van der Waals surface area (Å²) in [6, 6.07) is 6.41. The lowest BCUT2D eigenvalue weighted by atomic mass is 10.1. The van der Waals surface area contributed by atoms with Gasteiger partial charge >= 0.3 is 0 Å². The normalized spacial score (nSPS) is 10.9. The van der Waals surface area contributed by atoms with E-state index in [2.05, 4.69) is 0 Å². The van der Waals surface area contributed by atoms with Crippen LogP contribution in [0.25, 0.3) is 6.08 Å². The molecule has 102 valence electrons. The molecule has 2 rings (SSSR count). The van der Waals surface area contributed by atoms with Gasteiger partial charge in [-0.2, -0.15) is 0 Å². The summed E-state index contributed by atoms with van der Waals surface area (Å²) < 4.78 is 25.9. The first-order valence-corrected chi connectivity index (χ1v) is 5.66. The highest BCUT2D eigenvalue weighted by Gasteiger charge is 2.08. The van der Waals surface area contributed by atoms with Crippen LogP contribution in [0.4, 0.5) is 8.78 Å². The van der Waals surface area contributed by atoms with Crippen molar-refractivity contribution in [2.24, 2.45) is 0 Å². The van der Waals surface area contributed by atoms with E-state index in [0.717, 1.165) is 30.3 Å². The third kappa shape index (κ3) is 3.20. The summed E-state index contributed by atoms with van der Waals surface area (Å²) in [7, 11) is 0. The van der Waals surface area contributed by atoms with E-state index < -0.39 is 17.4 Å². The lowest BCUT2D eigenvalue weighted by Gasteiger charge is -2.01. The number of phenolic OH excluding ortho intramolecular Hbond substituents is 2. The van der Waals surface area contributed by atoms with Crippen molar-refractivity contribution in [1.29, 1.82) is 0 Å². The number of aromatic hydroxyl groups is 2. The van der Waals surface area contributed by atoms with E-state index in [9.17, 15) is 18.7 Å². The van der Waals surface area contributed by atoms with Crippen LogP contribution >= 0.6 is 0 Å². The Kier molecular flexibility index (Phi) is 3.79. The molecular weight excluding hydrogens is 266 g/mol. The van der Waals surface area contributed by atoms with Crippen LogP contribution in [0.2, 0.25) is 0 Å². The van der Waals surface area contributed by atoms with Crippen LogP contribution in [0.5, 0.6) is 11.5 Å². The van der Waals surface area contributed by atoms with Crippen molar-refractivity contribution < 1.29 is 23.8 Å². The molecule has 2 N–H and O–H groups in total. The largest absolute Gasteiger partial charge is 0.508 e. The van der Waals surface area contributed by atoms with Crippen LogP contribution in [0.1, 0.15) is 15.9 Å². The summed E-state index contributed by atoms with van der Waals surface area (Å²) in [5.41, 5.74) is 0.171. The predicted molar refractivity (Wildman–Crippen MR) is 69.5 cm³/mol. The SMILES string of the molecule is O=C(/C=C/c1cc(F)cc(F)c1)c1ccc(O)cc1O. The Labute approximate surface area is 113 Å². The Balaban J connectivity index is 2.24. The van der Waals surface area contributed by atoms with Gasteiger partial charge in [-0.1, -0.05) is 6.08 Å². The maximum absolute atomic E-state index is 13.0. The number of carbonyl (C=O) groups excluding carboxylic acids is 1. The van der Waals surface area contributed by atoms with E-state index in [1.165, 1.54) is 18.2 Å². The third-order valence-electron chi connectivity index (χ3n) is 2.56. The molecule has 0 aromatic heterocycles. The number of phenols is 2. The number of carbonyl (C=O) groups is 1. The molecule has 0 radical (unpaired) electrons. The highest BCUT2D eigenvalue weighted by atomic mass is 19.1. The average molecular weight is 276 g/mol. The monoisotopic (exact) mass is 276 g/mol. The fraction of sp³-hybridized carbons (Fsp3) is 0. The van der Waals surface area contributed by atoms with Crippen LogP contribution < -0.4 is 0 Å². The number of ketones is 1. The maximum atomic E-state index is 13.0. The Bertz CT molecular complexity index is 673. The first kappa shape index (κ1) is 13.7. The van der Waals surface area contributed by atoms with E-state index in [-0.39, 0.29) is 22.6 Å². The molecule has 0 aliphatic heterocycles. The van der Waals surface area contributed by atoms with Crippen LogP contribution in [0.15, 0.2) is 42.5 Å². The van der Waals surface area contributed by atoms with Gasteiger partial charge in [0, 0.05) is 12.1 Å². The van der Waals surface area contributed by atoms with Gasteiger partial charge in [0.25, 0.3) is 0 Å². The summed E-state index contributed by atoms with van der Waals surface area (Å²) in [6.45, 7) is 0. The Morgan fingerprint density at radius 3 is 2.25 bits per heavy atom. The van der Waals surface area contributed by atoms with Gasteiger partial charge < -0.3 is 10.2 Å². The van der Waals surface area contributed by atoms with Gasteiger partial charge in [-0.3, -0.25) is 4.79 Å². The minimum Gasteiger partial charge on any atom is -0.508 e. The zero-order chi connectivity index (χ0) is 14.7. The van der Waals surface area contributed by atoms with Crippen molar-refractivity contribution in [3.63, 3.8) is 0 Å². The van der Waals surface area contributed by atoms with Crippen molar-refractivity contribution >= 4 is 11.9 Å². The topological polar surface area (TPSA) is 57.5 Å². The molecule has 0 bridgehead atoms. The number of allylic oxidation sites excluding steroid dienone is 1. The zero-order valence-electron chi connectivity index (χ0n) is 10.2. The fourth-order valence-corrected chi connectivity index (χ4v) is 1.66. The second-order valence-electron chi connectivity index (χ2n) is 4.10. The maximum Gasteiger partial charge on any atom is 0.189 e. The highest BCUT2D eigenvalue weighted by Crippen LogP contribution is 2.23. The predicted octanol–water partition coefficient (Wildman–Crippen LogP) is 3.27. The summed E-state index contributed by atoms with van der Waals surface area (Å²) in [5.74, 6) is -2.58. The molecule has 0 spiro atoms. The molecule has 0 heterocycles. The van der Waals surface area contributed by atoms with Crippen molar-refractivity contribution in [3.8, 4) is 11.5 Å². The Morgan fingerprint density at radius 1 is 1.00 bits per heavy atom. The molecule has 5 heteroatoms. The van der Waals surface area contributed by atoms with E-state index in [0.29, 0.717) is 0 Å². The number of hydrogen-bond acceptors (Lipinski definition) is 3. The molecular formula is C15H10F2O3. The molecule has 0 saturated carbocycles. The molecule has 0 aliphatic carbocycles. The second kappa shape index (κ2) is 5.52. The molecule has 2 aromatic rings. The molecule has 20 heavy (non-hydrogen) atoms. The smallest absolute Gasteiger partial charge is 0.189 e. The van der Waals surface area contributed by atoms with Gasteiger partial charge in [-0.05, 0) is 35.9 Å². The zero-order valence-corrected chi connectivity index (χ0v) is 10.2. The summed E-state index contributed by atoms with van der Waals surface area (Å²) >= 11 is 0. The summed E-state index contributed by atoms with van der Waals surface area (Å²) in [6.07, 6.45) is 2.32. The van der Waals surface area contributed by atoms with Gasteiger partial charge in [0.15, 0.2) is 5.78 Å². The first-order chi connectivity index (χ1) is 9.45.